The smallest absolute Gasteiger partial charge is 0.326 e. The van der Waals surface area contributed by atoms with E-state index in [2.05, 4.69) is 103 Å². The van der Waals surface area contributed by atoms with Gasteiger partial charge in [0.1, 0.15) is 84.6 Å². The maximum absolute atomic E-state index is 14.6. The van der Waals surface area contributed by atoms with E-state index >= 15 is 0 Å². The summed E-state index contributed by atoms with van der Waals surface area (Å²) in [4.78, 5) is 265. The van der Waals surface area contributed by atoms with Crippen molar-refractivity contribution in [1.29, 1.82) is 0 Å². The molecule has 2 saturated heterocycles. The van der Waals surface area contributed by atoms with E-state index in [1.54, 1.807) is 106 Å². The molecular formula is C84H138N20O24S. The van der Waals surface area contributed by atoms with E-state index in [1.807, 2.05) is 0 Å². The van der Waals surface area contributed by atoms with Gasteiger partial charge >= 0.3 is 17.9 Å². The Balaban J connectivity index is 1.79. The number of nitrogens with one attached hydrogen (secondary N) is 16. The number of thiol groups is 1. The average Bonchev–Trinajstić information content (AvgIpc) is 1.72. The minimum atomic E-state index is -1.87. The highest BCUT2D eigenvalue weighted by molar-refractivity contribution is 7.80. The van der Waals surface area contributed by atoms with Crippen LogP contribution in [0.1, 0.15) is 192 Å². The zero-order valence-electron chi connectivity index (χ0n) is 75.8. The molecule has 16 amide bonds. The standard InChI is InChI=1S/C84H138N20O24S/c1-14-47(12)67(81(125)98-58(37-66(111)112)76(120)99-59(35-46(10)11)82(126)104-30-20-25-62(104)83(127)128)102-71(115)52(26-27-65(109)110)91-63(107)39-90-80(124)68(48(13)106)103-77(121)56(34-45(8)9)96-73(117)54(32-43(4)5)94-72(116)53(31-42(2)3)95-74(118)55(33-44(6)7)97-79(123)61(41-129)101-78(122)60(40-105)100-75(119)57(36-49-21-16-15-17-22-49)92-64(108)38-89-69(113)51(24-19-29-88-84(85)86)93-70(114)50-23-18-28-87-50/h15-17,21-22,42-48,50-62,67-68,87,105-106,129H,14,18-20,23-41H2,1-13H3,(H,89,113)(H,90,124)(H,91,107)(H,92,108)(H,93,114)(H,94,116)(H,95,118)(H,96,117)(H,97,123)(H,98,125)(H,99,120)(H,100,119)(H,101,122)(H,102,115)(H,103,121)(H,109,110)(H,111,112)(H,127,128)(H4,85,86,88)/t47-,48+,50-,51-,52-,53-,54-,55-,56-,57-,58-,59-,60-,61-,62-,67-,68-/m0/s1. The third-order valence-corrected chi connectivity index (χ3v) is 21.4. The van der Waals surface area contributed by atoms with Gasteiger partial charge in [0.15, 0.2) is 5.96 Å². The van der Waals surface area contributed by atoms with Gasteiger partial charge in [0.25, 0.3) is 0 Å². The zero-order chi connectivity index (χ0) is 97.2. The number of amides is 16. The van der Waals surface area contributed by atoms with Crippen LogP contribution in [0.4, 0.5) is 0 Å². The van der Waals surface area contributed by atoms with E-state index in [0.29, 0.717) is 24.9 Å². The highest BCUT2D eigenvalue weighted by Gasteiger charge is 2.42. The van der Waals surface area contributed by atoms with Crippen molar-refractivity contribution in [3.05, 3.63) is 35.9 Å². The fourth-order valence-electron chi connectivity index (χ4n) is 14.2. The number of carbonyl (C=O) groups excluding carboxylic acids is 16. The van der Waals surface area contributed by atoms with Crippen LogP contribution < -0.4 is 96.5 Å². The van der Waals surface area contributed by atoms with Crippen LogP contribution in [0.2, 0.25) is 0 Å². The van der Waals surface area contributed by atoms with Crippen molar-refractivity contribution in [3.63, 3.8) is 0 Å². The molecule has 0 saturated carbocycles. The molecule has 2 aliphatic rings. The maximum Gasteiger partial charge on any atom is 0.326 e. The number of carboxylic acids is 3. The first kappa shape index (κ1) is 112. The summed E-state index contributed by atoms with van der Waals surface area (Å²) in [7, 11) is 0. The van der Waals surface area contributed by atoms with Crippen molar-refractivity contribution in [3.8, 4) is 0 Å². The fraction of sp³-hybridized carbons (Fsp3) is 0.690. The second-order valence-corrected chi connectivity index (χ2v) is 35.0. The first-order valence-corrected chi connectivity index (χ1v) is 44.4. The molecule has 3 rings (SSSR count). The predicted octanol–water partition coefficient (Wildman–Crippen LogP) is -4.44. The Hall–Kier alpha value is -11.3. The van der Waals surface area contributed by atoms with Crippen molar-refractivity contribution < 1.29 is 117 Å². The van der Waals surface area contributed by atoms with Gasteiger partial charge in [0.05, 0.1) is 38.3 Å². The van der Waals surface area contributed by atoms with Crippen LogP contribution in [-0.4, -0.2) is 291 Å². The Morgan fingerprint density at radius 2 is 0.899 bits per heavy atom. The predicted molar refractivity (Wildman–Crippen MR) is 473 cm³/mol. The molecule has 129 heavy (non-hydrogen) atoms. The molecule has 0 unspecified atom stereocenters. The Kier molecular flexibility index (Phi) is 49.3. The number of nitrogens with two attached hydrogens (primary N) is 2. The minimum absolute atomic E-state index is 0.00403. The number of rotatable bonds is 58. The summed E-state index contributed by atoms with van der Waals surface area (Å²) in [5, 5.41) is 91.2. The number of hydrogen-bond donors (Lipinski definition) is 24. The maximum atomic E-state index is 14.6. The van der Waals surface area contributed by atoms with E-state index in [9.17, 15) is 117 Å². The molecule has 724 valence electrons. The summed E-state index contributed by atoms with van der Waals surface area (Å²) in [6.07, 6.45) is -2.13. The van der Waals surface area contributed by atoms with Crippen molar-refractivity contribution in [1.82, 2.24) is 90.0 Å². The fourth-order valence-corrected chi connectivity index (χ4v) is 14.4. The number of aliphatic imine (C=N–C) groups is 1. The number of aliphatic hydroxyl groups is 2. The molecule has 2 aliphatic heterocycles. The molecule has 2 heterocycles. The monoisotopic (exact) mass is 1840 g/mol. The zero-order valence-corrected chi connectivity index (χ0v) is 76.7. The van der Waals surface area contributed by atoms with E-state index in [4.69, 9.17) is 11.5 Å². The summed E-state index contributed by atoms with van der Waals surface area (Å²) >= 11 is 4.29. The van der Waals surface area contributed by atoms with Gasteiger partial charge in [-0.3, -0.25) is 91.3 Å². The van der Waals surface area contributed by atoms with Gasteiger partial charge in [-0.1, -0.05) is 120 Å². The number of likely N-dealkylation sites (tertiary alicyclic amines) is 1. The van der Waals surface area contributed by atoms with Crippen LogP contribution in [0.5, 0.6) is 0 Å². The van der Waals surface area contributed by atoms with E-state index in [0.717, 1.165) is 18.2 Å². The highest BCUT2D eigenvalue weighted by atomic mass is 32.1. The van der Waals surface area contributed by atoms with Gasteiger partial charge in [-0.05, 0) is 132 Å². The molecule has 25 N–H and O–H groups in total. The summed E-state index contributed by atoms with van der Waals surface area (Å²) < 4.78 is 0. The molecule has 45 heteroatoms. The Morgan fingerprint density at radius 1 is 0.473 bits per heavy atom. The van der Waals surface area contributed by atoms with Gasteiger partial charge in [0.2, 0.25) is 94.5 Å². The number of carbonyl (C=O) groups is 19. The normalized spacial score (nSPS) is 17.1. The number of carboxylic acid groups (broad SMARTS) is 3. The Labute approximate surface area is 756 Å². The number of benzene rings is 1. The topological polar surface area (TPSA) is 686 Å². The molecule has 0 radical (unpaired) electrons. The van der Waals surface area contributed by atoms with E-state index in [1.165, 1.54) is 6.92 Å². The van der Waals surface area contributed by atoms with Crippen LogP contribution in [0, 0.1) is 35.5 Å². The molecule has 0 bridgehead atoms. The lowest BCUT2D eigenvalue weighted by molar-refractivity contribution is -0.150. The second-order valence-electron chi connectivity index (χ2n) is 34.7. The summed E-state index contributed by atoms with van der Waals surface area (Å²) in [6.45, 7) is 19.7. The quantitative estimate of drug-likeness (QED) is 0.0127. The molecule has 17 atom stereocenters. The van der Waals surface area contributed by atoms with Crippen LogP contribution in [0.15, 0.2) is 35.3 Å². The molecule has 44 nitrogen and oxygen atoms in total. The number of guanidine groups is 1. The third-order valence-electron chi connectivity index (χ3n) is 21.0. The average molecular weight is 1840 g/mol. The van der Waals surface area contributed by atoms with Crippen molar-refractivity contribution >= 4 is 131 Å². The molecular weight excluding hydrogens is 1710 g/mol. The van der Waals surface area contributed by atoms with Crippen LogP contribution in [0.3, 0.4) is 0 Å². The first-order chi connectivity index (χ1) is 60.6. The summed E-state index contributed by atoms with van der Waals surface area (Å²) in [6, 6.07) is -13.3. The Morgan fingerprint density at radius 3 is 1.36 bits per heavy atom. The molecule has 1 aromatic carbocycles. The molecule has 0 aliphatic carbocycles. The lowest BCUT2D eigenvalue weighted by atomic mass is 9.96. The van der Waals surface area contributed by atoms with Crippen molar-refractivity contribution in [2.45, 2.75) is 289 Å². The number of hydrogen-bond acceptors (Lipinski definition) is 24. The first-order valence-electron chi connectivity index (χ1n) is 43.8. The van der Waals surface area contributed by atoms with Gasteiger partial charge in [0, 0.05) is 31.7 Å². The van der Waals surface area contributed by atoms with Gasteiger partial charge in [-0.25, -0.2) is 4.79 Å². The number of nitrogens with zero attached hydrogens (tertiary/aromatic N) is 2. The van der Waals surface area contributed by atoms with Crippen LogP contribution >= 0.6 is 12.6 Å². The SMILES string of the molecule is CC[C@H](C)[C@H](NC(=O)[C@H](CCC(=O)O)NC(=O)CNC(=O)[C@@H](NC(=O)[C@H](CC(C)C)NC(=O)[C@H](CC(C)C)NC(=O)[C@H](CC(C)C)NC(=O)[C@H](CC(C)C)NC(=O)[C@H](CS)NC(=O)[C@H](CO)NC(=O)[C@H](Cc1ccccc1)NC(=O)CNC(=O)[C@H](CCCN=C(N)N)NC(=O)[C@@H]1CCCN1)[C@@H](C)O)C(=O)N[C@@H](CC(=O)O)C(=O)N[C@@H](CC(C)C)C(=O)N1CCC[C@H]1C(=O)O. The van der Waals surface area contributed by atoms with Gasteiger partial charge in [-0.15, -0.1) is 0 Å². The largest absolute Gasteiger partial charge is 0.481 e. The second kappa shape index (κ2) is 56.9. The lowest BCUT2D eigenvalue weighted by Gasteiger charge is -2.30. The van der Waals surface area contributed by atoms with Gasteiger partial charge < -0.3 is 127 Å². The van der Waals surface area contributed by atoms with E-state index in [-0.39, 0.29) is 113 Å². The van der Waals surface area contributed by atoms with Crippen molar-refractivity contribution in [2.75, 3.05) is 45.1 Å². The third kappa shape index (κ3) is 40.9. The number of aliphatic carboxylic acids is 3. The van der Waals surface area contributed by atoms with Crippen molar-refractivity contribution in [2.24, 2.45) is 52.0 Å². The summed E-state index contributed by atoms with van der Waals surface area (Å²) in [5.41, 5.74) is 11.5. The molecule has 0 aromatic heterocycles. The highest BCUT2D eigenvalue weighted by Crippen LogP contribution is 2.22. The van der Waals surface area contributed by atoms with Gasteiger partial charge in [-0.2, -0.15) is 12.6 Å². The minimum Gasteiger partial charge on any atom is -0.481 e. The van der Waals surface area contributed by atoms with Crippen LogP contribution in [0.25, 0.3) is 0 Å². The van der Waals surface area contributed by atoms with Crippen LogP contribution in [-0.2, 0) is 97.5 Å². The number of aliphatic hydroxyl groups excluding tert-OH is 2. The molecule has 0 spiro atoms. The summed E-state index contributed by atoms with van der Waals surface area (Å²) in [5.74, 6) is -22.3. The Bertz CT molecular complexity index is 4000. The lowest BCUT2D eigenvalue weighted by Crippen LogP contribution is -2.61. The molecule has 2 fully saturated rings. The molecule has 1 aromatic rings. The van der Waals surface area contributed by atoms with E-state index < -0.39 is 260 Å².